The predicted octanol–water partition coefficient (Wildman–Crippen LogP) is 2.21. The van der Waals surface area contributed by atoms with E-state index in [-0.39, 0.29) is 17.3 Å². The van der Waals surface area contributed by atoms with Crippen molar-refractivity contribution in [3.63, 3.8) is 0 Å². The highest BCUT2D eigenvalue weighted by Crippen LogP contribution is 2.14. The highest BCUT2D eigenvalue weighted by Gasteiger charge is 2.17. The van der Waals surface area contributed by atoms with Crippen LogP contribution in [0.15, 0.2) is 42.6 Å². The molecule has 4 nitrogen and oxygen atoms in total. The highest BCUT2D eigenvalue weighted by molar-refractivity contribution is 6.32. The summed E-state index contributed by atoms with van der Waals surface area (Å²) in [6.07, 6.45) is 1.40. The van der Waals surface area contributed by atoms with Gasteiger partial charge in [-0.25, -0.2) is 9.37 Å². The van der Waals surface area contributed by atoms with E-state index in [1.807, 2.05) is 30.3 Å². The zero-order valence-corrected chi connectivity index (χ0v) is 11.8. The lowest BCUT2D eigenvalue weighted by atomic mass is 10.1. The van der Waals surface area contributed by atoms with Crippen LogP contribution >= 0.6 is 11.6 Å². The minimum absolute atomic E-state index is 0.0526. The second-order valence-corrected chi connectivity index (χ2v) is 4.89. The minimum atomic E-state index is -0.645. The van der Waals surface area contributed by atoms with Crippen molar-refractivity contribution in [1.82, 2.24) is 10.3 Å². The summed E-state index contributed by atoms with van der Waals surface area (Å²) in [6.45, 7) is -0.235. The Morgan fingerprint density at radius 2 is 2.10 bits per heavy atom. The van der Waals surface area contributed by atoms with Gasteiger partial charge in [0.15, 0.2) is 0 Å². The number of hydrogen-bond acceptors (Lipinski definition) is 3. The number of aromatic nitrogens is 1. The molecule has 0 bridgehead atoms. The normalized spacial score (nSPS) is 12.0. The Labute approximate surface area is 126 Å². The Morgan fingerprint density at radius 3 is 2.76 bits per heavy atom. The Balaban J connectivity index is 2.07. The molecule has 1 heterocycles. The second-order valence-electron chi connectivity index (χ2n) is 4.53. The molecule has 0 aliphatic carbocycles. The molecule has 0 aliphatic rings. The smallest absolute Gasteiger partial charge is 0.254 e. The van der Waals surface area contributed by atoms with E-state index in [4.69, 9.17) is 11.6 Å². The summed E-state index contributed by atoms with van der Waals surface area (Å²) in [6, 6.07) is 9.95. The molecule has 6 heteroatoms. The van der Waals surface area contributed by atoms with Crippen LogP contribution < -0.4 is 5.32 Å². The number of benzene rings is 1. The topological polar surface area (TPSA) is 62.2 Å². The van der Waals surface area contributed by atoms with E-state index in [1.165, 1.54) is 0 Å². The molecule has 1 atom stereocenters. The molecule has 1 amide bonds. The number of nitrogens with one attached hydrogen (secondary N) is 1. The number of aliphatic hydroxyl groups excluding tert-OH is 1. The predicted molar refractivity (Wildman–Crippen MR) is 77.7 cm³/mol. The first-order chi connectivity index (χ1) is 10.1. The summed E-state index contributed by atoms with van der Waals surface area (Å²) in [5, 5.41) is 11.9. The van der Waals surface area contributed by atoms with Gasteiger partial charge in [-0.1, -0.05) is 41.9 Å². The van der Waals surface area contributed by atoms with E-state index < -0.39 is 17.8 Å². The molecule has 0 unspecified atom stereocenters. The summed E-state index contributed by atoms with van der Waals surface area (Å²) in [4.78, 5) is 15.6. The number of carbonyl (C=O) groups is 1. The highest BCUT2D eigenvalue weighted by atomic mass is 35.5. The van der Waals surface area contributed by atoms with Gasteiger partial charge < -0.3 is 10.4 Å². The van der Waals surface area contributed by atoms with E-state index in [0.29, 0.717) is 6.42 Å². The first kappa shape index (κ1) is 15.4. The summed E-state index contributed by atoms with van der Waals surface area (Å²) in [5.41, 5.74) is 0.920. The molecule has 21 heavy (non-hydrogen) atoms. The van der Waals surface area contributed by atoms with Gasteiger partial charge in [-0.3, -0.25) is 4.79 Å². The third-order valence-corrected chi connectivity index (χ3v) is 3.23. The molecule has 0 saturated carbocycles. The van der Waals surface area contributed by atoms with Crippen molar-refractivity contribution in [2.45, 2.75) is 12.5 Å². The van der Waals surface area contributed by atoms with Crippen LogP contribution in [0.25, 0.3) is 0 Å². The molecule has 0 radical (unpaired) electrons. The van der Waals surface area contributed by atoms with Crippen molar-refractivity contribution >= 4 is 17.5 Å². The monoisotopic (exact) mass is 308 g/mol. The van der Waals surface area contributed by atoms with Gasteiger partial charge in [-0.2, -0.15) is 0 Å². The van der Waals surface area contributed by atoms with Crippen molar-refractivity contribution in [2.24, 2.45) is 0 Å². The van der Waals surface area contributed by atoms with Crippen molar-refractivity contribution in [2.75, 3.05) is 6.61 Å². The molecular weight excluding hydrogens is 295 g/mol. The molecule has 0 saturated heterocycles. The molecule has 0 aliphatic heterocycles. The van der Waals surface area contributed by atoms with E-state index in [2.05, 4.69) is 10.3 Å². The number of hydrogen-bond donors (Lipinski definition) is 2. The van der Waals surface area contributed by atoms with Gasteiger partial charge in [0.05, 0.1) is 24.4 Å². The maximum Gasteiger partial charge on any atom is 0.254 e. The van der Waals surface area contributed by atoms with Crippen LogP contribution in [0.5, 0.6) is 0 Å². The van der Waals surface area contributed by atoms with Crippen LogP contribution in [0.2, 0.25) is 5.15 Å². The van der Waals surface area contributed by atoms with Crippen LogP contribution in [-0.4, -0.2) is 28.6 Å². The number of aliphatic hydroxyl groups is 1. The van der Waals surface area contributed by atoms with Gasteiger partial charge in [-0.15, -0.1) is 0 Å². The van der Waals surface area contributed by atoms with E-state index >= 15 is 0 Å². The lowest BCUT2D eigenvalue weighted by Crippen LogP contribution is -2.39. The molecule has 1 aromatic heterocycles. The fourth-order valence-electron chi connectivity index (χ4n) is 1.90. The lowest BCUT2D eigenvalue weighted by Gasteiger charge is -2.16. The van der Waals surface area contributed by atoms with Crippen LogP contribution in [0.3, 0.4) is 0 Å². The molecular formula is C15H14ClFN2O2. The number of amides is 1. The van der Waals surface area contributed by atoms with E-state index in [0.717, 1.165) is 17.8 Å². The van der Waals surface area contributed by atoms with E-state index in [9.17, 15) is 14.3 Å². The summed E-state index contributed by atoms with van der Waals surface area (Å²) >= 11 is 5.78. The van der Waals surface area contributed by atoms with Gasteiger partial charge in [0.25, 0.3) is 5.91 Å². The number of pyridine rings is 1. The maximum absolute atomic E-state index is 13.1. The van der Waals surface area contributed by atoms with Gasteiger partial charge in [0.2, 0.25) is 0 Å². The van der Waals surface area contributed by atoms with Crippen molar-refractivity contribution in [3.05, 3.63) is 64.7 Å². The number of halogens is 2. The van der Waals surface area contributed by atoms with Crippen LogP contribution in [0.1, 0.15) is 15.9 Å². The molecule has 2 aromatic rings. The van der Waals surface area contributed by atoms with Gasteiger partial charge in [-0.05, 0) is 18.1 Å². The number of nitrogens with zero attached hydrogens (tertiary/aromatic N) is 1. The van der Waals surface area contributed by atoms with Crippen molar-refractivity contribution in [3.8, 4) is 0 Å². The van der Waals surface area contributed by atoms with Gasteiger partial charge in [0.1, 0.15) is 11.0 Å². The van der Waals surface area contributed by atoms with Crippen molar-refractivity contribution < 1.29 is 14.3 Å². The molecule has 0 spiro atoms. The number of carbonyl (C=O) groups excluding carboxylic acids is 1. The average Bonchev–Trinajstić information content (AvgIpc) is 2.50. The quantitative estimate of drug-likeness (QED) is 0.833. The standard InChI is InChI=1S/C15H14ClFN2O2/c16-14-13(7-11(17)8-18-14)15(21)19-12(9-20)6-10-4-2-1-3-5-10/h1-5,7-8,12,20H,6,9H2,(H,19,21)/t12-/m1/s1. The Bertz CT molecular complexity index is 622. The first-order valence-electron chi connectivity index (χ1n) is 6.37. The Kier molecular flexibility index (Phi) is 5.25. The zero-order valence-electron chi connectivity index (χ0n) is 11.1. The van der Waals surface area contributed by atoms with Gasteiger partial charge >= 0.3 is 0 Å². The summed E-state index contributed by atoms with van der Waals surface area (Å²) in [5.74, 6) is -1.21. The molecule has 2 rings (SSSR count). The largest absolute Gasteiger partial charge is 0.394 e. The number of rotatable bonds is 5. The summed E-state index contributed by atoms with van der Waals surface area (Å²) in [7, 11) is 0. The maximum atomic E-state index is 13.1. The SMILES string of the molecule is O=C(N[C@@H](CO)Cc1ccccc1)c1cc(F)cnc1Cl. The van der Waals surface area contributed by atoms with Crippen molar-refractivity contribution in [1.29, 1.82) is 0 Å². The minimum Gasteiger partial charge on any atom is -0.394 e. The van der Waals surface area contributed by atoms with E-state index in [1.54, 1.807) is 0 Å². The molecule has 1 aromatic carbocycles. The average molecular weight is 309 g/mol. The Morgan fingerprint density at radius 1 is 1.38 bits per heavy atom. The third-order valence-electron chi connectivity index (χ3n) is 2.93. The zero-order chi connectivity index (χ0) is 15.2. The molecule has 0 fully saturated rings. The third kappa shape index (κ3) is 4.24. The molecule has 2 N–H and O–H groups in total. The molecule has 110 valence electrons. The van der Waals surface area contributed by atoms with Gasteiger partial charge in [0, 0.05) is 0 Å². The summed E-state index contributed by atoms with van der Waals surface area (Å²) < 4.78 is 13.1. The second kappa shape index (κ2) is 7.15. The van der Waals surface area contributed by atoms with Crippen LogP contribution in [0.4, 0.5) is 4.39 Å². The van der Waals surface area contributed by atoms with Crippen LogP contribution in [-0.2, 0) is 6.42 Å². The fraction of sp³-hybridized carbons (Fsp3) is 0.200. The Hall–Kier alpha value is -1.98. The first-order valence-corrected chi connectivity index (χ1v) is 6.74. The lowest BCUT2D eigenvalue weighted by molar-refractivity contribution is 0.0916. The van der Waals surface area contributed by atoms with Crippen LogP contribution in [0, 0.1) is 5.82 Å². The fourth-order valence-corrected chi connectivity index (χ4v) is 2.09.